The number of fused-ring (bicyclic) bond motifs is 6. The van der Waals surface area contributed by atoms with Gasteiger partial charge in [0, 0.05) is 0 Å². The van der Waals surface area contributed by atoms with E-state index in [0.717, 1.165) is 5.75 Å². The molecule has 0 N–H and O–H groups in total. The van der Waals surface area contributed by atoms with Crippen LogP contribution < -0.4 is 4.74 Å². The van der Waals surface area contributed by atoms with Crippen LogP contribution in [0.3, 0.4) is 0 Å². The zero-order chi connectivity index (χ0) is 26.4. The number of benzene rings is 7. The van der Waals surface area contributed by atoms with E-state index in [-0.39, 0.29) is 0 Å². The summed E-state index contributed by atoms with van der Waals surface area (Å²) in [5, 5.41) is 5.24. The second kappa shape index (κ2) is 7.94. The van der Waals surface area contributed by atoms with Gasteiger partial charge in [-0.1, -0.05) is 109 Å². The van der Waals surface area contributed by atoms with Crippen LogP contribution in [0.5, 0.6) is 5.75 Å². The maximum atomic E-state index is 5.88. The van der Waals surface area contributed by atoms with Gasteiger partial charge in [-0.2, -0.15) is 0 Å². The lowest BCUT2D eigenvalue weighted by molar-refractivity contribution is 0.415. The van der Waals surface area contributed by atoms with Crippen LogP contribution in [0.4, 0.5) is 0 Å². The van der Waals surface area contributed by atoms with E-state index in [0.29, 0.717) is 0 Å². The molecule has 7 aromatic carbocycles. The summed E-state index contributed by atoms with van der Waals surface area (Å²) in [7, 11) is 1.76. The molecule has 0 aliphatic heterocycles. The topological polar surface area (TPSA) is 9.23 Å². The Kier molecular flexibility index (Phi) is 4.32. The molecule has 0 fully saturated rings. The van der Waals surface area contributed by atoms with Crippen LogP contribution in [0, 0.1) is 0 Å². The summed E-state index contributed by atoms with van der Waals surface area (Å²) in [6.45, 7) is 0. The first kappa shape index (κ1) is 21.8. The standard InChI is InChI=1S/C39H24O/c1-40-25-21-23(26-16-18-36-30-10-4-2-8-28(30)34-14-6-12-32(26)38(34)36)20-24(22-25)27-17-19-37-31-11-5-3-9-29(31)35-15-7-13-33(27)39(35)37/h2-22H,1H3. The van der Waals surface area contributed by atoms with E-state index in [9.17, 15) is 0 Å². The van der Waals surface area contributed by atoms with Crippen LogP contribution in [0.15, 0.2) is 127 Å². The van der Waals surface area contributed by atoms with Gasteiger partial charge in [-0.3, -0.25) is 0 Å². The SMILES string of the molecule is COc1cc(-c2ccc3c4c(cccc24)-c2ccccc2-3)cc(-c2ccc3c4c(cccc24)-c2ccccc2-3)c1. The second-order valence-corrected chi connectivity index (χ2v) is 10.8. The minimum Gasteiger partial charge on any atom is -0.497 e. The number of ether oxygens (including phenoxy) is 1. The molecular formula is C39H24O. The Bertz CT molecular complexity index is 1990. The van der Waals surface area contributed by atoms with Crippen molar-refractivity contribution in [3.8, 4) is 72.5 Å². The van der Waals surface area contributed by atoms with Gasteiger partial charge in [0.15, 0.2) is 0 Å². The largest absolute Gasteiger partial charge is 0.497 e. The van der Waals surface area contributed by atoms with Crippen molar-refractivity contribution in [2.45, 2.75) is 0 Å². The normalized spacial score (nSPS) is 12.1. The van der Waals surface area contributed by atoms with Crippen LogP contribution in [-0.2, 0) is 0 Å². The molecule has 0 saturated heterocycles. The molecule has 0 amide bonds. The summed E-state index contributed by atoms with van der Waals surface area (Å²) in [5.74, 6) is 0.866. The molecule has 0 aromatic heterocycles. The van der Waals surface area contributed by atoms with Crippen molar-refractivity contribution in [3.63, 3.8) is 0 Å². The highest BCUT2D eigenvalue weighted by atomic mass is 16.5. The summed E-state index contributed by atoms with van der Waals surface area (Å²) in [6, 6.07) is 46.7. The number of rotatable bonds is 3. The monoisotopic (exact) mass is 508 g/mol. The fraction of sp³-hybridized carbons (Fsp3) is 0.0256. The van der Waals surface area contributed by atoms with Gasteiger partial charge in [0.1, 0.15) is 5.75 Å². The van der Waals surface area contributed by atoms with Crippen LogP contribution in [-0.4, -0.2) is 7.11 Å². The van der Waals surface area contributed by atoms with Gasteiger partial charge < -0.3 is 4.74 Å². The number of methoxy groups -OCH3 is 1. The number of hydrogen-bond acceptors (Lipinski definition) is 1. The fourth-order valence-electron chi connectivity index (χ4n) is 7.15. The van der Waals surface area contributed by atoms with E-state index in [2.05, 4.69) is 127 Å². The van der Waals surface area contributed by atoms with Gasteiger partial charge in [-0.15, -0.1) is 0 Å². The molecule has 2 aliphatic rings. The van der Waals surface area contributed by atoms with Crippen molar-refractivity contribution < 1.29 is 4.74 Å². The first-order valence-corrected chi connectivity index (χ1v) is 13.8. The third kappa shape index (κ3) is 2.81. The van der Waals surface area contributed by atoms with Gasteiger partial charge in [0.2, 0.25) is 0 Å². The molecule has 1 heteroatoms. The van der Waals surface area contributed by atoms with Crippen LogP contribution in [0.25, 0.3) is 88.3 Å². The average molecular weight is 509 g/mol. The molecule has 0 bridgehead atoms. The average Bonchev–Trinajstić information content (AvgIpc) is 3.53. The molecular weight excluding hydrogens is 484 g/mol. The Morgan fingerprint density at radius 1 is 0.350 bits per heavy atom. The van der Waals surface area contributed by atoms with Gasteiger partial charge in [-0.05, 0) is 107 Å². The zero-order valence-corrected chi connectivity index (χ0v) is 22.0. The molecule has 7 aromatic rings. The summed E-state index contributed by atoms with van der Waals surface area (Å²) >= 11 is 0. The lowest BCUT2D eigenvalue weighted by Crippen LogP contribution is -1.90. The van der Waals surface area contributed by atoms with Crippen LogP contribution in [0.1, 0.15) is 0 Å². The predicted molar refractivity (Wildman–Crippen MR) is 168 cm³/mol. The highest BCUT2D eigenvalue weighted by Gasteiger charge is 2.24. The van der Waals surface area contributed by atoms with E-state index in [1.54, 1.807) is 7.11 Å². The van der Waals surface area contributed by atoms with Crippen molar-refractivity contribution in [3.05, 3.63) is 127 Å². The molecule has 40 heavy (non-hydrogen) atoms. The minimum absolute atomic E-state index is 0.866. The fourth-order valence-corrected chi connectivity index (χ4v) is 7.15. The molecule has 0 saturated carbocycles. The Morgan fingerprint density at radius 2 is 0.725 bits per heavy atom. The highest BCUT2D eigenvalue weighted by Crippen LogP contribution is 2.51. The lowest BCUT2D eigenvalue weighted by Gasteiger charge is -2.15. The van der Waals surface area contributed by atoms with Crippen molar-refractivity contribution >= 4 is 21.5 Å². The van der Waals surface area contributed by atoms with Crippen LogP contribution >= 0.6 is 0 Å². The van der Waals surface area contributed by atoms with Crippen molar-refractivity contribution in [2.75, 3.05) is 7.11 Å². The minimum atomic E-state index is 0.866. The second-order valence-electron chi connectivity index (χ2n) is 10.8. The Hall–Kier alpha value is -5.14. The smallest absolute Gasteiger partial charge is 0.120 e. The van der Waals surface area contributed by atoms with Gasteiger partial charge in [0.25, 0.3) is 0 Å². The first-order chi connectivity index (χ1) is 19.8. The van der Waals surface area contributed by atoms with Gasteiger partial charge >= 0.3 is 0 Å². The molecule has 9 rings (SSSR count). The van der Waals surface area contributed by atoms with E-state index >= 15 is 0 Å². The van der Waals surface area contributed by atoms with Crippen molar-refractivity contribution in [2.24, 2.45) is 0 Å². The van der Waals surface area contributed by atoms with E-state index < -0.39 is 0 Å². The molecule has 0 spiro atoms. The quantitative estimate of drug-likeness (QED) is 0.231. The molecule has 186 valence electrons. The van der Waals surface area contributed by atoms with E-state index in [1.165, 1.54) is 88.3 Å². The molecule has 0 heterocycles. The summed E-state index contributed by atoms with van der Waals surface area (Å²) in [5.41, 5.74) is 15.3. The van der Waals surface area contributed by atoms with E-state index in [1.807, 2.05) is 0 Å². The zero-order valence-electron chi connectivity index (χ0n) is 22.0. The Morgan fingerprint density at radius 3 is 1.15 bits per heavy atom. The lowest BCUT2D eigenvalue weighted by atomic mass is 9.90. The summed E-state index contributed by atoms with van der Waals surface area (Å²) in [6.07, 6.45) is 0. The Balaban J connectivity index is 1.28. The van der Waals surface area contributed by atoms with Gasteiger partial charge in [-0.25, -0.2) is 0 Å². The number of hydrogen-bond donors (Lipinski definition) is 0. The van der Waals surface area contributed by atoms with Crippen LogP contribution in [0.2, 0.25) is 0 Å². The molecule has 1 nitrogen and oxygen atoms in total. The van der Waals surface area contributed by atoms with Crippen molar-refractivity contribution in [1.82, 2.24) is 0 Å². The van der Waals surface area contributed by atoms with E-state index in [4.69, 9.17) is 4.74 Å². The Labute approximate surface area is 232 Å². The molecule has 2 aliphatic carbocycles. The van der Waals surface area contributed by atoms with Gasteiger partial charge in [0.05, 0.1) is 7.11 Å². The molecule has 0 radical (unpaired) electrons. The molecule has 0 atom stereocenters. The predicted octanol–water partition coefficient (Wildman–Crippen LogP) is 10.6. The highest BCUT2D eigenvalue weighted by molar-refractivity contribution is 6.20. The summed E-state index contributed by atoms with van der Waals surface area (Å²) < 4.78 is 5.88. The van der Waals surface area contributed by atoms with Crippen molar-refractivity contribution in [1.29, 1.82) is 0 Å². The maximum Gasteiger partial charge on any atom is 0.120 e. The third-order valence-electron chi connectivity index (χ3n) is 8.86. The first-order valence-electron chi connectivity index (χ1n) is 13.8. The summed E-state index contributed by atoms with van der Waals surface area (Å²) in [4.78, 5) is 0. The third-order valence-corrected chi connectivity index (χ3v) is 8.86. The molecule has 0 unspecified atom stereocenters. The maximum absolute atomic E-state index is 5.88.